The molecule has 1 atom stereocenters. The Morgan fingerprint density at radius 3 is 2.73 bits per heavy atom. The lowest BCUT2D eigenvalue weighted by atomic mass is 10.2. The highest BCUT2D eigenvalue weighted by molar-refractivity contribution is 5.94. The summed E-state index contributed by atoms with van der Waals surface area (Å²) in [5.41, 5.74) is 4.48. The average molecular weight is 302 g/mol. The minimum absolute atomic E-state index is 0.291. The number of allylic oxidation sites excluding steroid dienone is 1. The van der Waals surface area contributed by atoms with Crippen LogP contribution in [0.5, 0.6) is 0 Å². The minimum atomic E-state index is -0.673. The topological polar surface area (TPSA) is 84.6 Å². The predicted octanol–water partition coefficient (Wildman–Crippen LogP) is 2.21. The van der Waals surface area contributed by atoms with E-state index in [4.69, 9.17) is 9.47 Å². The molecule has 1 aliphatic rings. The van der Waals surface area contributed by atoms with Crippen LogP contribution in [-0.4, -0.2) is 31.7 Å². The Balaban J connectivity index is 2.14. The van der Waals surface area contributed by atoms with E-state index in [1.165, 1.54) is 7.11 Å². The number of azo groups is 1. The van der Waals surface area contributed by atoms with Crippen molar-refractivity contribution in [2.24, 2.45) is 15.3 Å². The van der Waals surface area contributed by atoms with Gasteiger partial charge in [0.1, 0.15) is 5.57 Å². The molecule has 116 valence electrons. The maximum atomic E-state index is 11.9. The molecular weight excluding hydrogens is 284 g/mol. The van der Waals surface area contributed by atoms with Gasteiger partial charge in [0.15, 0.2) is 6.17 Å². The lowest BCUT2D eigenvalue weighted by Crippen LogP contribution is -2.29. The van der Waals surface area contributed by atoms with Crippen molar-refractivity contribution in [2.45, 2.75) is 20.0 Å². The van der Waals surface area contributed by atoms with E-state index in [-0.39, 0.29) is 0 Å². The Hall–Kier alpha value is -2.70. The highest BCUT2D eigenvalue weighted by Gasteiger charge is 2.29. The number of ether oxygens (including phenoxy) is 2. The maximum Gasteiger partial charge on any atom is 0.340 e. The number of benzene rings is 1. The summed E-state index contributed by atoms with van der Waals surface area (Å²) in [6.45, 7) is 3.74. The molecule has 1 aliphatic heterocycles. The Bertz CT molecular complexity index is 623. The summed E-state index contributed by atoms with van der Waals surface area (Å²) in [5.74, 6) is -0.0556. The van der Waals surface area contributed by atoms with Crippen LogP contribution in [0, 0.1) is 0 Å². The summed E-state index contributed by atoms with van der Waals surface area (Å²) in [5, 5.41) is 12.1. The molecule has 0 bridgehead atoms. The lowest BCUT2D eigenvalue weighted by molar-refractivity contribution is -0.138. The van der Waals surface area contributed by atoms with E-state index in [1.807, 2.05) is 30.3 Å². The highest BCUT2D eigenvalue weighted by atomic mass is 16.5. The number of hydrogen-bond acceptors (Lipinski definition) is 7. The molecule has 1 heterocycles. The van der Waals surface area contributed by atoms with E-state index in [1.54, 1.807) is 13.8 Å². The third-order valence-electron chi connectivity index (χ3n) is 2.98. The van der Waals surface area contributed by atoms with Gasteiger partial charge < -0.3 is 9.47 Å². The molecule has 1 N–H and O–H groups in total. The maximum absolute atomic E-state index is 11.9. The van der Waals surface area contributed by atoms with Gasteiger partial charge in [-0.1, -0.05) is 18.2 Å². The van der Waals surface area contributed by atoms with E-state index in [9.17, 15) is 4.79 Å². The van der Waals surface area contributed by atoms with E-state index in [2.05, 4.69) is 20.8 Å². The van der Waals surface area contributed by atoms with Gasteiger partial charge in [0, 0.05) is 5.56 Å². The third kappa shape index (κ3) is 3.49. The molecule has 22 heavy (non-hydrogen) atoms. The van der Waals surface area contributed by atoms with Gasteiger partial charge in [-0.25, -0.2) is 4.79 Å². The normalized spacial score (nSPS) is 17.6. The van der Waals surface area contributed by atoms with Crippen molar-refractivity contribution in [1.82, 2.24) is 5.43 Å². The van der Waals surface area contributed by atoms with Crippen LogP contribution in [0.2, 0.25) is 0 Å². The molecule has 0 aromatic heterocycles. The van der Waals surface area contributed by atoms with Crippen LogP contribution >= 0.6 is 0 Å². The summed E-state index contributed by atoms with van der Waals surface area (Å²) in [7, 11) is 1.52. The molecule has 0 saturated heterocycles. The van der Waals surface area contributed by atoms with Gasteiger partial charge in [-0.05, 0) is 26.0 Å². The number of methoxy groups -OCH3 is 1. The molecule has 0 aliphatic carbocycles. The molecule has 1 unspecified atom stereocenters. The molecular formula is C15H18N4O3. The number of carbonyl (C=O) groups is 1. The summed E-state index contributed by atoms with van der Waals surface area (Å²) >= 11 is 0. The number of nitrogens with one attached hydrogen (secondary N) is 1. The van der Waals surface area contributed by atoms with Crippen LogP contribution in [0.3, 0.4) is 0 Å². The second-order valence-corrected chi connectivity index (χ2v) is 4.45. The summed E-state index contributed by atoms with van der Waals surface area (Å²) in [6, 6.07) is 9.40. The van der Waals surface area contributed by atoms with Crippen molar-refractivity contribution in [3.63, 3.8) is 0 Å². The van der Waals surface area contributed by atoms with Crippen molar-refractivity contribution in [2.75, 3.05) is 13.7 Å². The first kappa shape index (κ1) is 15.7. The molecule has 1 aromatic carbocycles. The fraction of sp³-hybridized carbons (Fsp3) is 0.333. The van der Waals surface area contributed by atoms with Gasteiger partial charge >= 0.3 is 5.97 Å². The monoisotopic (exact) mass is 302 g/mol. The van der Waals surface area contributed by atoms with Crippen LogP contribution in [0.4, 0.5) is 0 Å². The molecule has 0 fully saturated rings. The molecule has 7 nitrogen and oxygen atoms in total. The first-order valence-corrected chi connectivity index (χ1v) is 6.88. The molecule has 0 radical (unpaired) electrons. The zero-order valence-electron chi connectivity index (χ0n) is 12.7. The number of esters is 1. The smallest absolute Gasteiger partial charge is 0.340 e. The van der Waals surface area contributed by atoms with Crippen LogP contribution < -0.4 is 5.43 Å². The minimum Gasteiger partial charge on any atom is -0.480 e. The Labute approximate surface area is 128 Å². The fourth-order valence-corrected chi connectivity index (χ4v) is 1.94. The second-order valence-electron chi connectivity index (χ2n) is 4.45. The number of nitrogens with zero attached hydrogens (tertiary/aromatic N) is 3. The standard InChI is InChI=1S/C15H18N4O3/c1-4-22-15(20)12-10(2)16-17-13(12)18-19-14(21-3)11-8-6-5-7-9-11/h5-9,13,18H,4H2,1-3H3/b19-14-. The lowest BCUT2D eigenvalue weighted by Gasteiger charge is -2.12. The largest absolute Gasteiger partial charge is 0.480 e. The number of rotatable bonds is 5. The Morgan fingerprint density at radius 1 is 1.36 bits per heavy atom. The van der Waals surface area contributed by atoms with E-state index < -0.39 is 12.1 Å². The van der Waals surface area contributed by atoms with Crippen molar-refractivity contribution in [3.05, 3.63) is 47.2 Å². The SMILES string of the molecule is CCOC(=O)C1=C(C)N=NC1N/N=C(\OC)c1ccccc1. The fourth-order valence-electron chi connectivity index (χ4n) is 1.94. The first-order valence-electron chi connectivity index (χ1n) is 6.88. The Morgan fingerprint density at radius 2 is 2.09 bits per heavy atom. The van der Waals surface area contributed by atoms with Gasteiger partial charge in [-0.3, -0.25) is 5.43 Å². The van der Waals surface area contributed by atoms with Crippen LogP contribution in [0.25, 0.3) is 0 Å². The molecule has 0 spiro atoms. The van der Waals surface area contributed by atoms with Gasteiger partial charge in [0.05, 0.1) is 19.4 Å². The number of carbonyl (C=O) groups excluding carboxylic acids is 1. The van der Waals surface area contributed by atoms with Gasteiger partial charge in [0.2, 0.25) is 5.90 Å². The van der Waals surface area contributed by atoms with Crippen LogP contribution in [0.1, 0.15) is 19.4 Å². The summed E-state index contributed by atoms with van der Waals surface area (Å²) < 4.78 is 10.3. The molecule has 0 amide bonds. The van der Waals surface area contributed by atoms with E-state index in [0.29, 0.717) is 23.8 Å². The summed E-state index contributed by atoms with van der Waals surface area (Å²) in [6.07, 6.45) is -0.673. The van der Waals surface area contributed by atoms with Crippen molar-refractivity contribution < 1.29 is 14.3 Å². The average Bonchev–Trinajstić information content (AvgIpc) is 2.90. The van der Waals surface area contributed by atoms with E-state index >= 15 is 0 Å². The first-order chi connectivity index (χ1) is 10.7. The molecule has 0 saturated carbocycles. The number of hydrazone groups is 1. The Kier molecular flexibility index (Phi) is 5.24. The van der Waals surface area contributed by atoms with Crippen LogP contribution in [0.15, 0.2) is 56.9 Å². The van der Waals surface area contributed by atoms with Gasteiger partial charge in [-0.15, -0.1) is 5.10 Å². The van der Waals surface area contributed by atoms with Crippen molar-refractivity contribution in [1.29, 1.82) is 0 Å². The highest BCUT2D eigenvalue weighted by Crippen LogP contribution is 2.21. The predicted molar refractivity (Wildman–Crippen MR) is 81.1 cm³/mol. The van der Waals surface area contributed by atoms with Crippen molar-refractivity contribution in [3.8, 4) is 0 Å². The summed E-state index contributed by atoms with van der Waals surface area (Å²) in [4.78, 5) is 11.9. The second kappa shape index (κ2) is 7.35. The third-order valence-corrected chi connectivity index (χ3v) is 2.98. The quantitative estimate of drug-likeness (QED) is 0.391. The molecule has 2 rings (SSSR count). The zero-order valence-corrected chi connectivity index (χ0v) is 12.7. The van der Waals surface area contributed by atoms with Gasteiger partial charge in [0.25, 0.3) is 0 Å². The zero-order chi connectivity index (χ0) is 15.9. The van der Waals surface area contributed by atoms with Crippen LogP contribution in [-0.2, 0) is 14.3 Å². The van der Waals surface area contributed by atoms with Gasteiger partial charge in [-0.2, -0.15) is 10.2 Å². The molecule has 7 heteroatoms. The number of hydrogen-bond donors (Lipinski definition) is 1. The van der Waals surface area contributed by atoms with Crippen molar-refractivity contribution >= 4 is 11.9 Å². The molecule has 1 aromatic rings. The van der Waals surface area contributed by atoms with E-state index in [0.717, 1.165) is 5.56 Å².